The van der Waals surface area contributed by atoms with Gasteiger partial charge in [-0.05, 0) is 12.1 Å². The highest BCUT2D eigenvalue weighted by Gasteiger charge is 2.42. The summed E-state index contributed by atoms with van der Waals surface area (Å²) in [6.07, 6.45) is -8.85. The van der Waals surface area contributed by atoms with E-state index >= 15 is 0 Å². The van der Waals surface area contributed by atoms with E-state index in [9.17, 15) is 31.1 Å². The predicted molar refractivity (Wildman–Crippen MR) is 106 cm³/mol. The van der Waals surface area contributed by atoms with E-state index in [1.54, 1.807) is 0 Å². The molecule has 0 atom stereocenters. The van der Waals surface area contributed by atoms with Crippen LogP contribution in [0.25, 0.3) is 11.3 Å². The molecule has 0 fully saturated rings. The number of ether oxygens (including phenoxy) is 1. The van der Waals surface area contributed by atoms with Crippen LogP contribution in [0.5, 0.6) is 0 Å². The van der Waals surface area contributed by atoms with Gasteiger partial charge in [-0.3, -0.25) is 0 Å². The van der Waals surface area contributed by atoms with E-state index in [-0.39, 0.29) is 0 Å². The molecule has 0 aliphatic carbocycles. The highest BCUT2D eigenvalue weighted by atomic mass is 35.5. The lowest BCUT2D eigenvalue weighted by Crippen LogP contribution is -2.12. The van der Waals surface area contributed by atoms with E-state index in [4.69, 9.17) is 23.2 Å². The van der Waals surface area contributed by atoms with Gasteiger partial charge in [0.2, 0.25) is 0 Å². The summed E-state index contributed by atoms with van der Waals surface area (Å²) >= 11 is 11.9. The van der Waals surface area contributed by atoms with Crippen LogP contribution >= 0.6 is 23.2 Å². The highest BCUT2D eigenvalue weighted by molar-refractivity contribution is 6.38. The van der Waals surface area contributed by atoms with Crippen LogP contribution in [0.4, 0.5) is 32.2 Å². The molecular formula is C18H14Cl2F6N4O2. The number of nitrogens with zero attached hydrogens (tertiary/aromatic N) is 4. The minimum absolute atomic E-state index is 0.478. The molecule has 0 aliphatic rings. The quantitative estimate of drug-likeness (QED) is 0.175. The monoisotopic (exact) mass is 502 g/mol. The van der Waals surface area contributed by atoms with Crippen LogP contribution in [-0.4, -0.2) is 48.2 Å². The van der Waals surface area contributed by atoms with Gasteiger partial charge in [-0.25, -0.2) is 14.5 Å². The number of benzene rings is 1. The Hall–Kier alpha value is -2.73. The van der Waals surface area contributed by atoms with Gasteiger partial charge in [-0.15, -0.1) is 0 Å². The summed E-state index contributed by atoms with van der Waals surface area (Å²) in [5.41, 5.74) is -4.92. The van der Waals surface area contributed by atoms with Gasteiger partial charge in [-0.1, -0.05) is 29.8 Å². The van der Waals surface area contributed by atoms with E-state index in [1.807, 2.05) is 0 Å². The van der Waals surface area contributed by atoms with Crippen molar-refractivity contribution >= 4 is 46.9 Å². The Kier molecular flexibility index (Phi) is 7.20. The average molecular weight is 503 g/mol. The van der Waals surface area contributed by atoms with Gasteiger partial charge < -0.3 is 9.64 Å². The Bertz CT molecular complexity index is 1070. The molecule has 1 aromatic heterocycles. The van der Waals surface area contributed by atoms with Gasteiger partial charge in [0.05, 0.1) is 40.2 Å². The zero-order valence-electron chi connectivity index (χ0n) is 16.6. The van der Waals surface area contributed by atoms with E-state index in [2.05, 4.69) is 21.4 Å². The molecule has 14 heteroatoms. The molecule has 0 spiro atoms. The van der Waals surface area contributed by atoms with Crippen LogP contribution in [0, 0.1) is 0 Å². The van der Waals surface area contributed by atoms with Crippen molar-refractivity contribution in [3.05, 3.63) is 45.6 Å². The number of rotatable bonds is 5. The van der Waals surface area contributed by atoms with Gasteiger partial charge in [0.15, 0.2) is 11.5 Å². The zero-order chi connectivity index (χ0) is 24.6. The normalized spacial score (nSPS) is 12.3. The minimum Gasteiger partial charge on any atom is -0.465 e. The number of hydrogen-bond donors (Lipinski definition) is 0. The van der Waals surface area contributed by atoms with Crippen molar-refractivity contribution in [3.63, 3.8) is 0 Å². The Morgan fingerprint density at radius 3 is 2.09 bits per heavy atom. The summed E-state index contributed by atoms with van der Waals surface area (Å²) in [7, 11) is 3.93. The lowest BCUT2D eigenvalue weighted by Gasteiger charge is -2.14. The molecule has 1 heterocycles. The Labute approximate surface area is 187 Å². The van der Waals surface area contributed by atoms with Gasteiger partial charge in [0, 0.05) is 14.1 Å². The molecule has 0 radical (unpaired) electrons. The number of aromatic nitrogens is 2. The van der Waals surface area contributed by atoms with Gasteiger partial charge in [-0.2, -0.15) is 31.4 Å². The standard InChI is InChI=1S/C18H14Cl2F6N4O2/c1-8(16(31)32-4)12-14(18(24,25)26)28-30(15(12)27-7-29(2)3)13-10(19)5-9(6-11(13)20)17(21,22)23/h5-7H,1H2,2-4H3/b27-7+. The van der Waals surface area contributed by atoms with E-state index < -0.39 is 62.3 Å². The molecule has 0 amide bonds. The lowest BCUT2D eigenvalue weighted by atomic mass is 10.1. The van der Waals surface area contributed by atoms with Gasteiger partial charge in [0.1, 0.15) is 5.69 Å². The first kappa shape index (κ1) is 25.5. The second-order valence-corrected chi connectivity index (χ2v) is 7.24. The SMILES string of the molecule is C=C(C(=O)OC)c1c(C(F)(F)F)nn(-c2c(Cl)cc(C(F)(F)F)cc2Cl)c1/N=C/N(C)C. The number of aliphatic imine (C=N–C) groups is 1. The van der Waals surface area contributed by atoms with Crippen molar-refractivity contribution in [2.24, 2.45) is 4.99 Å². The molecule has 2 aromatic rings. The number of carbonyl (C=O) groups excluding carboxylic acids is 1. The zero-order valence-corrected chi connectivity index (χ0v) is 18.1. The molecule has 1 aromatic carbocycles. The Morgan fingerprint density at radius 1 is 1.16 bits per heavy atom. The first-order valence-corrected chi connectivity index (χ1v) is 9.10. The highest BCUT2D eigenvalue weighted by Crippen LogP contribution is 2.44. The molecule has 0 saturated carbocycles. The summed E-state index contributed by atoms with van der Waals surface area (Å²) in [6.45, 7) is 3.33. The third-order valence-corrected chi connectivity index (χ3v) is 4.41. The minimum atomic E-state index is -5.11. The summed E-state index contributed by atoms with van der Waals surface area (Å²) < 4.78 is 85.4. The summed E-state index contributed by atoms with van der Waals surface area (Å²) in [5.74, 6) is -1.81. The number of methoxy groups -OCH3 is 1. The second kappa shape index (κ2) is 9.02. The number of carbonyl (C=O) groups is 1. The molecule has 0 aliphatic heterocycles. The molecule has 0 unspecified atom stereocenters. The molecule has 6 nitrogen and oxygen atoms in total. The topological polar surface area (TPSA) is 59.7 Å². The first-order valence-electron chi connectivity index (χ1n) is 8.34. The van der Waals surface area contributed by atoms with Crippen LogP contribution in [0.3, 0.4) is 0 Å². The third kappa shape index (κ3) is 5.18. The van der Waals surface area contributed by atoms with Crippen molar-refractivity contribution in [3.8, 4) is 5.69 Å². The first-order chi connectivity index (χ1) is 14.6. The summed E-state index contributed by atoms with van der Waals surface area (Å²) in [5, 5.41) is 2.11. The maximum absolute atomic E-state index is 13.8. The molecule has 0 saturated heterocycles. The second-order valence-electron chi connectivity index (χ2n) is 6.42. The number of halogens is 8. The molecule has 174 valence electrons. The maximum Gasteiger partial charge on any atom is 0.435 e. The Morgan fingerprint density at radius 2 is 1.69 bits per heavy atom. The van der Waals surface area contributed by atoms with Gasteiger partial charge in [0.25, 0.3) is 0 Å². The fourth-order valence-electron chi connectivity index (χ4n) is 2.49. The smallest absolute Gasteiger partial charge is 0.435 e. The van der Waals surface area contributed by atoms with Crippen LogP contribution < -0.4 is 0 Å². The van der Waals surface area contributed by atoms with Crippen molar-refractivity contribution in [2.45, 2.75) is 12.4 Å². The molecule has 0 N–H and O–H groups in total. The average Bonchev–Trinajstić information content (AvgIpc) is 3.03. The van der Waals surface area contributed by atoms with Crippen LogP contribution in [0.1, 0.15) is 16.8 Å². The van der Waals surface area contributed by atoms with E-state index in [0.29, 0.717) is 16.8 Å². The van der Waals surface area contributed by atoms with Crippen molar-refractivity contribution < 1.29 is 35.9 Å². The van der Waals surface area contributed by atoms with Crippen LogP contribution in [0.15, 0.2) is 23.7 Å². The fourth-order valence-corrected chi connectivity index (χ4v) is 3.13. The predicted octanol–water partition coefficient (Wildman–Crippen LogP) is 5.62. The molecule has 32 heavy (non-hydrogen) atoms. The van der Waals surface area contributed by atoms with Gasteiger partial charge >= 0.3 is 18.3 Å². The summed E-state index contributed by atoms with van der Waals surface area (Å²) in [6, 6.07) is 0.956. The van der Waals surface area contributed by atoms with Crippen LogP contribution in [0.2, 0.25) is 10.0 Å². The number of esters is 1. The lowest BCUT2D eigenvalue weighted by molar-refractivity contribution is -0.141. The Balaban J connectivity index is 2.97. The maximum atomic E-state index is 13.8. The van der Waals surface area contributed by atoms with E-state index in [1.165, 1.54) is 19.0 Å². The molecular weight excluding hydrogens is 489 g/mol. The number of hydrogen-bond acceptors (Lipinski definition) is 4. The van der Waals surface area contributed by atoms with E-state index in [0.717, 1.165) is 13.4 Å². The molecule has 2 rings (SSSR count). The fraction of sp³-hybridized carbons (Fsp3) is 0.278. The largest absolute Gasteiger partial charge is 0.465 e. The van der Waals surface area contributed by atoms with Crippen LogP contribution in [-0.2, 0) is 21.9 Å². The number of alkyl halides is 6. The molecule has 0 bridgehead atoms. The van der Waals surface area contributed by atoms with Crippen molar-refractivity contribution in [1.82, 2.24) is 14.7 Å². The summed E-state index contributed by atoms with van der Waals surface area (Å²) in [4.78, 5) is 17.2. The third-order valence-electron chi connectivity index (χ3n) is 3.83. The van der Waals surface area contributed by atoms with Crippen molar-refractivity contribution in [1.29, 1.82) is 0 Å². The van der Waals surface area contributed by atoms with Crippen molar-refractivity contribution in [2.75, 3.05) is 21.2 Å².